The molecule has 0 bridgehead atoms. The maximum Gasteiger partial charge on any atom is 0.226 e. The van der Waals surface area contributed by atoms with Gasteiger partial charge in [-0.1, -0.05) is 18.2 Å². The molecular weight excluding hydrogens is 360 g/mol. The lowest BCUT2D eigenvalue weighted by atomic mass is 10.2. The van der Waals surface area contributed by atoms with E-state index >= 15 is 0 Å². The maximum absolute atomic E-state index is 9.67. The molecule has 28 heavy (non-hydrogen) atoms. The number of phenolic OH excluding ortho intramolecular Hbond substituents is 2. The van der Waals surface area contributed by atoms with E-state index in [0.29, 0.717) is 41.8 Å². The summed E-state index contributed by atoms with van der Waals surface area (Å²) in [5, 5.41) is 25.3. The van der Waals surface area contributed by atoms with Gasteiger partial charge in [-0.2, -0.15) is 9.97 Å². The van der Waals surface area contributed by atoms with Crippen molar-refractivity contribution in [2.75, 3.05) is 23.8 Å². The molecule has 0 saturated carbocycles. The minimum absolute atomic E-state index is 0.194. The Morgan fingerprint density at radius 1 is 1.00 bits per heavy atom. The zero-order valence-electron chi connectivity index (χ0n) is 14.8. The molecule has 0 radical (unpaired) electrons. The molecule has 4 rings (SSSR count). The number of H-pyrrole nitrogens is 1. The van der Waals surface area contributed by atoms with Crippen LogP contribution in [0.15, 0.2) is 54.9 Å². The van der Waals surface area contributed by atoms with Crippen molar-refractivity contribution >= 4 is 28.6 Å². The van der Waals surface area contributed by atoms with Crippen molar-refractivity contribution in [1.29, 1.82) is 0 Å². The van der Waals surface area contributed by atoms with Crippen molar-refractivity contribution in [3.8, 4) is 17.2 Å². The van der Waals surface area contributed by atoms with E-state index in [9.17, 15) is 10.2 Å². The quantitative estimate of drug-likeness (QED) is 0.189. The van der Waals surface area contributed by atoms with Gasteiger partial charge in [-0.05, 0) is 24.3 Å². The number of nitrogens with one attached hydrogen (secondary N) is 3. The molecular formula is C19H18N6O3. The first kappa shape index (κ1) is 17.4. The second kappa shape index (κ2) is 7.70. The number of benzene rings is 2. The van der Waals surface area contributed by atoms with Crippen molar-refractivity contribution in [2.24, 2.45) is 0 Å². The molecule has 2 aromatic heterocycles. The van der Waals surface area contributed by atoms with Crippen molar-refractivity contribution in [1.82, 2.24) is 19.9 Å². The summed E-state index contributed by atoms with van der Waals surface area (Å²) >= 11 is 0. The van der Waals surface area contributed by atoms with E-state index in [1.54, 1.807) is 6.07 Å². The van der Waals surface area contributed by atoms with Gasteiger partial charge in [0.05, 0.1) is 12.9 Å². The lowest BCUT2D eigenvalue weighted by molar-refractivity contribution is 0.332. The molecule has 2 aromatic carbocycles. The Morgan fingerprint density at radius 2 is 1.86 bits per heavy atom. The van der Waals surface area contributed by atoms with Gasteiger partial charge in [0.1, 0.15) is 17.9 Å². The Kier molecular flexibility index (Phi) is 4.79. The van der Waals surface area contributed by atoms with Gasteiger partial charge in [0, 0.05) is 11.8 Å². The second-order valence-corrected chi connectivity index (χ2v) is 5.91. The molecule has 0 aliphatic carbocycles. The highest BCUT2D eigenvalue weighted by atomic mass is 16.5. The first-order chi connectivity index (χ1) is 13.7. The number of imidazole rings is 1. The van der Waals surface area contributed by atoms with Crippen LogP contribution in [0.5, 0.6) is 17.2 Å². The molecule has 0 fully saturated rings. The molecule has 4 aromatic rings. The smallest absolute Gasteiger partial charge is 0.226 e. The highest BCUT2D eigenvalue weighted by molar-refractivity contribution is 5.86. The number of fused-ring (bicyclic) bond motifs is 1. The Labute approximate surface area is 160 Å². The molecule has 5 N–H and O–H groups in total. The number of para-hydroxylation sites is 1. The van der Waals surface area contributed by atoms with Crippen LogP contribution in [-0.4, -0.2) is 43.3 Å². The number of phenols is 2. The molecule has 0 atom stereocenters. The summed E-state index contributed by atoms with van der Waals surface area (Å²) < 4.78 is 5.64. The zero-order valence-corrected chi connectivity index (χ0v) is 14.8. The molecule has 0 aliphatic rings. The highest BCUT2D eigenvalue weighted by Crippen LogP contribution is 2.30. The van der Waals surface area contributed by atoms with Gasteiger partial charge in [-0.25, -0.2) is 4.98 Å². The predicted octanol–water partition coefficient (Wildman–Crippen LogP) is 3.00. The van der Waals surface area contributed by atoms with Crippen LogP contribution in [-0.2, 0) is 0 Å². The molecule has 0 amide bonds. The molecule has 2 heterocycles. The van der Waals surface area contributed by atoms with Crippen LogP contribution >= 0.6 is 0 Å². The Balaban J connectivity index is 1.47. The Hall–Kier alpha value is -4.01. The minimum Gasteiger partial charge on any atom is -0.504 e. The predicted molar refractivity (Wildman–Crippen MR) is 105 cm³/mol. The molecule has 0 aliphatic heterocycles. The highest BCUT2D eigenvalue weighted by Gasteiger charge is 2.11. The van der Waals surface area contributed by atoms with E-state index in [4.69, 9.17) is 4.74 Å². The first-order valence-corrected chi connectivity index (χ1v) is 8.61. The molecule has 9 heteroatoms. The monoisotopic (exact) mass is 378 g/mol. The summed E-state index contributed by atoms with van der Waals surface area (Å²) in [5.41, 5.74) is 1.67. The van der Waals surface area contributed by atoms with Gasteiger partial charge in [-0.15, -0.1) is 0 Å². The van der Waals surface area contributed by atoms with E-state index < -0.39 is 0 Å². The molecule has 142 valence electrons. The van der Waals surface area contributed by atoms with Crippen LogP contribution in [0, 0.1) is 0 Å². The number of aromatic hydroxyl groups is 2. The van der Waals surface area contributed by atoms with Gasteiger partial charge in [0.15, 0.2) is 23.0 Å². The van der Waals surface area contributed by atoms with Crippen LogP contribution in [0.4, 0.5) is 17.5 Å². The van der Waals surface area contributed by atoms with Crippen LogP contribution in [0.3, 0.4) is 0 Å². The number of aromatic nitrogens is 4. The van der Waals surface area contributed by atoms with Crippen LogP contribution in [0.2, 0.25) is 0 Å². The summed E-state index contributed by atoms with van der Waals surface area (Å²) in [6.07, 6.45) is 1.53. The number of anilines is 3. The van der Waals surface area contributed by atoms with Gasteiger partial charge in [0.2, 0.25) is 5.95 Å². The second-order valence-electron chi connectivity index (χ2n) is 5.91. The summed E-state index contributed by atoms with van der Waals surface area (Å²) in [5.74, 6) is 1.25. The lowest BCUT2D eigenvalue weighted by Crippen LogP contribution is -2.14. The van der Waals surface area contributed by atoms with Gasteiger partial charge >= 0.3 is 0 Å². The van der Waals surface area contributed by atoms with E-state index in [-0.39, 0.29) is 11.5 Å². The van der Waals surface area contributed by atoms with Gasteiger partial charge in [-0.3, -0.25) is 0 Å². The van der Waals surface area contributed by atoms with E-state index in [2.05, 4.69) is 30.6 Å². The third-order valence-corrected chi connectivity index (χ3v) is 3.92. The Morgan fingerprint density at radius 3 is 2.68 bits per heavy atom. The summed E-state index contributed by atoms with van der Waals surface area (Å²) in [7, 11) is 0. The number of rotatable bonds is 7. The van der Waals surface area contributed by atoms with E-state index in [1.807, 2.05) is 30.3 Å². The van der Waals surface area contributed by atoms with Crippen molar-refractivity contribution in [3.63, 3.8) is 0 Å². The summed E-state index contributed by atoms with van der Waals surface area (Å²) in [6, 6.07) is 14.0. The topological polar surface area (TPSA) is 128 Å². The van der Waals surface area contributed by atoms with Crippen molar-refractivity contribution in [2.45, 2.75) is 0 Å². The number of ether oxygens (including phenoxy) is 1. The number of hydrogen-bond donors (Lipinski definition) is 5. The van der Waals surface area contributed by atoms with E-state index in [1.165, 1.54) is 18.5 Å². The van der Waals surface area contributed by atoms with E-state index in [0.717, 1.165) is 5.75 Å². The number of aromatic amines is 1. The third kappa shape index (κ3) is 3.88. The third-order valence-electron chi connectivity index (χ3n) is 3.92. The van der Waals surface area contributed by atoms with Crippen molar-refractivity contribution < 1.29 is 14.9 Å². The minimum atomic E-state index is -0.226. The van der Waals surface area contributed by atoms with Gasteiger partial charge in [0.25, 0.3) is 0 Å². The van der Waals surface area contributed by atoms with Crippen LogP contribution in [0.25, 0.3) is 11.2 Å². The number of hydrogen-bond acceptors (Lipinski definition) is 8. The first-order valence-electron chi connectivity index (χ1n) is 8.61. The molecule has 9 nitrogen and oxygen atoms in total. The Bertz CT molecular complexity index is 1080. The molecule has 0 unspecified atom stereocenters. The fourth-order valence-electron chi connectivity index (χ4n) is 2.59. The standard InChI is InChI=1S/C19H18N6O3/c26-14-7-6-12(10-15(14)27)23-18-16-17(22-11-21-16)24-19(25-18)20-8-9-28-13-4-2-1-3-5-13/h1-7,10-11,26-27H,8-9H2,(H3,20,21,22,23,24,25). The van der Waals surface area contributed by atoms with Crippen molar-refractivity contribution in [3.05, 3.63) is 54.9 Å². The molecule has 0 saturated heterocycles. The van der Waals surface area contributed by atoms with Crippen LogP contribution in [0.1, 0.15) is 0 Å². The van der Waals surface area contributed by atoms with Gasteiger partial charge < -0.3 is 30.6 Å². The largest absolute Gasteiger partial charge is 0.504 e. The average Bonchev–Trinajstić information content (AvgIpc) is 3.18. The maximum atomic E-state index is 9.67. The fourth-order valence-corrected chi connectivity index (χ4v) is 2.59. The normalized spacial score (nSPS) is 10.7. The number of nitrogens with zero attached hydrogens (tertiary/aromatic N) is 3. The lowest BCUT2D eigenvalue weighted by Gasteiger charge is -2.11. The summed E-state index contributed by atoms with van der Waals surface area (Å²) in [6.45, 7) is 0.949. The van der Waals surface area contributed by atoms with Crippen LogP contribution < -0.4 is 15.4 Å². The fraction of sp³-hybridized carbons (Fsp3) is 0.105. The summed E-state index contributed by atoms with van der Waals surface area (Å²) in [4.78, 5) is 16.0. The average molecular weight is 378 g/mol. The SMILES string of the molecule is Oc1ccc(Nc2nc(NCCOc3ccccc3)nc3nc[nH]c23)cc1O. The zero-order chi connectivity index (χ0) is 19.3. The molecule has 0 spiro atoms.